The van der Waals surface area contributed by atoms with Crippen LogP contribution in [0.5, 0.6) is 11.6 Å². The average molecular weight is 401 g/mol. The summed E-state index contributed by atoms with van der Waals surface area (Å²) >= 11 is 0. The number of rotatable bonds is 8. The Bertz CT molecular complexity index is 842. The summed E-state index contributed by atoms with van der Waals surface area (Å²) in [6, 6.07) is 7.84. The van der Waals surface area contributed by atoms with E-state index >= 15 is 0 Å². The normalized spacial score (nSPS) is 17.4. The van der Waals surface area contributed by atoms with E-state index in [9.17, 15) is 9.18 Å². The molecule has 2 atom stereocenters. The molecular weight excluding hydrogens is 373 g/mol. The Morgan fingerprint density at radius 1 is 1.24 bits per heavy atom. The Hall–Kier alpha value is -2.70. The molecule has 0 unspecified atom stereocenters. The summed E-state index contributed by atoms with van der Waals surface area (Å²) in [6.07, 6.45) is 2.41. The summed E-state index contributed by atoms with van der Waals surface area (Å²) in [6.45, 7) is 8.49. The Kier molecular flexibility index (Phi) is 6.67. The van der Waals surface area contributed by atoms with Crippen LogP contribution in [-0.4, -0.2) is 41.0 Å². The molecule has 29 heavy (non-hydrogen) atoms. The fourth-order valence-corrected chi connectivity index (χ4v) is 3.50. The molecule has 0 bridgehead atoms. The summed E-state index contributed by atoms with van der Waals surface area (Å²) in [5.74, 6) is 0.822. The standard InChI is InChI=1S/C22H28FN3O3/c1-14(2)28-22-20(23)21(24-13-25-22)26-10-9-19(12-26)29-18-7-5-17(6-8-18)15(3)11-16(4)27/h5-8,13-15,19H,9-12H2,1-4H3/t15-,19-/m1/s1. The monoisotopic (exact) mass is 401 g/mol. The zero-order valence-electron chi connectivity index (χ0n) is 17.4. The number of anilines is 1. The van der Waals surface area contributed by atoms with Gasteiger partial charge in [-0.1, -0.05) is 19.1 Å². The van der Waals surface area contributed by atoms with Gasteiger partial charge in [0.2, 0.25) is 5.82 Å². The van der Waals surface area contributed by atoms with Gasteiger partial charge in [-0.3, -0.25) is 0 Å². The van der Waals surface area contributed by atoms with Gasteiger partial charge in [0.1, 0.15) is 24.0 Å². The van der Waals surface area contributed by atoms with E-state index in [0.29, 0.717) is 19.5 Å². The zero-order chi connectivity index (χ0) is 21.0. The number of hydrogen-bond donors (Lipinski definition) is 0. The van der Waals surface area contributed by atoms with Crippen LogP contribution in [0.1, 0.15) is 52.0 Å². The van der Waals surface area contributed by atoms with Crippen LogP contribution in [0.15, 0.2) is 30.6 Å². The predicted molar refractivity (Wildman–Crippen MR) is 109 cm³/mol. The Morgan fingerprint density at radius 2 is 1.97 bits per heavy atom. The summed E-state index contributed by atoms with van der Waals surface area (Å²) in [4.78, 5) is 21.1. The molecule has 1 aliphatic heterocycles. The number of ketones is 1. The Labute approximate surface area is 171 Å². The molecule has 156 valence electrons. The number of benzene rings is 1. The van der Waals surface area contributed by atoms with Crippen LogP contribution in [0.25, 0.3) is 0 Å². The largest absolute Gasteiger partial charge is 0.489 e. The third kappa shape index (κ3) is 5.43. The molecule has 6 nitrogen and oxygen atoms in total. The van der Waals surface area contributed by atoms with Crippen LogP contribution in [0.4, 0.5) is 10.2 Å². The van der Waals surface area contributed by atoms with Crippen LogP contribution in [0.2, 0.25) is 0 Å². The fourth-order valence-electron chi connectivity index (χ4n) is 3.50. The lowest BCUT2D eigenvalue weighted by Crippen LogP contribution is -2.26. The van der Waals surface area contributed by atoms with E-state index in [-0.39, 0.29) is 35.6 Å². The number of carbonyl (C=O) groups excluding carboxylic acids is 1. The van der Waals surface area contributed by atoms with Gasteiger partial charge in [-0.15, -0.1) is 0 Å². The first-order chi connectivity index (χ1) is 13.8. The maximum absolute atomic E-state index is 14.7. The van der Waals surface area contributed by atoms with Gasteiger partial charge in [-0.2, -0.15) is 9.37 Å². The molecule has 2 heterocycles. The molecule has 3 rings (SSSR count). The van der Waals surface area contributed by atoms with E-state index in [0.717, 1.165) is 17.7 Å². The van der Waals surface area contributed by atoms with Crippen LogP contribution >= 0.6 is 0 Å². The van der Waals surface area contributed by atoms with Gasteiger partial charge in [0.05, 0.1) is 12.6 Å². The molecule has 0 N–H and O–H groups in total. The van der Waals surface area contributed by atoms with Crippen LogP contribution in [0.3, 0.4) is 0 Å². The van der Waals surface area contributed by atoms with E-state index in [1.165, 1.54) is 6.33 Å². The predicted octanol–water partition coefficient (Wildman–Crippen LogP) is 4.14. The maximum atomic E-state index is 14.7. The smallest absolute Gasteiger partial charge is 0.256 e. The van der Waals surface area contributed by atoms with Crippen molar-refractivity contribution in [1.82, 2.24) is 9.97 Å². The van der Waals surface area contributed by atoms with Crippen LogP contribution in [0, 0.1) is 5.82 Å². The van der Waals surface area contributed by atoms with Gasteiger partial charge in [0.25, 0.3) is 5.88 Å². The molecule has 7 heteroatoms. The quantitative estimate of drug-likeness (QED) is 0.662. The molecule has 0 saturated carbocycles. The number of halogens is 1. The lowest BCUT2D eigenvalue weighted by Gasteiger charge is -2.20. The van der Waals surface area contributed by atoms with Crippen molar-refractivity contribution < 1.29 is 18.7 Å². The van der Waals surface area contributed by atoms with Crippen molar-refractivity contribution in [1.29, 1.82) is 0 Å². The van der Waals surface area contributed by atoms with E-state index in [4.69, 9.17) is 9.47 Å². The van der Waals surface area contributed by atoms with Crippen molar-refractivity contribution in [3.8, 4) is 11.6 Å². The summed E-state index contributed by atoms with van der Waals surface area (Å²) in [5.41, 5.74) is 1.11. The van der Waals surface area contributed by atoms with E-state index in [1.54, 1.807) is 6.92 Å². The average Bonchev–Trinajstić information content (AvgIpc) is 3.11. The maximum Gasteiger partial charge on any atom is 0.256 e. The summed E-state index contributed by atoms with van der Waals surface area (Å²) < 4.78 is 26.2. The highest BCUT2D eigenvalue weighted by molar-refractivity contribution is 5.76. The van der Waals surface area contributed by atoms with Crippen molar-refractivity contribution in [3.63, 3.8) is 0 Å². The van der Waals surface area contributed by atoms with Gasteiger partial charge in [-0.25, -0.2) is 4.98 Å². The van der Waals surface area contributed by atoms with Gasteiger partial charge < -0.3 is 19.2 Å². The second-order valence-corrected chi connectivity index (χ2v) is 7.83. The number of hydrogen-bond acceptors (Lipinski definition) is 6. The minimum atomic E-state index is -0.536. The van der Waals surface area contributed by atoms with E-state index in [2.05, 4.69) is 9.97 Å². The molecule has 0 radical (unpaired) electrons. The molecule has 2 aromatic rings. The Balaban J connectivity index is 1.61. The SMILES string of the molecule is CC(=O)C[C@@H](C)c1ccc(O[C@@H]2CCN(c3ncnc(OC(C)C)c3F)C2)cc1. The first-order valence-electron chi connectivity index (χ1n) is 10.0. The van der Waals surface area contributed by atoms with Gasteiger partial charge in [0.15, 0.2) is 5.82 Å². The second-order valence-electron chi connectivity index (χ2n) is 7.83. The minimum Gasteiger partial charge on any atom is -0.489 e. The third-order valence-corrected chi connectivity index (χ3v) is 4.88. The van der Waals surface area contributed by atoms with Gasteiger partial charge in [-0.05, 0) is 44.4 Å². The summed E-state index contributed by atoms with van der Waals surface area (Å²) in [5, 5.41) is 0. The highest BCUT2D eigenvalue weighted by Gasteiger charge is 2.28. The molecular formula is C22H28FN3O3. The highest BCUT2D eigenvalue weighted by Crippen LogP contribution is 2.29. The fraction of sp³-hybridized carbons (Fsp3) is 0.500. The first-order valence-corrected chi connectivity index (χ1v) is 10.0. The number of Topliss-reactive ketones (excluding diaryl/α,β-unsaturated/α-hetero) is 1. The molecule has 1 fully saturated rings. The van der Waals surface area contributed by atoms with Gasteiger partial charge in [0, 0.05) is 19.4 Å². The topological polar surface area (TPSA) is 64.5 Å². The van der Waals surface area contributed by atoms with Crippen LogP contribution in [-0.2, 0) is 4.79 Å². The molecule has 0 spiro atoms. The molecule has 1 saturated heterocycles. The lowest BCUT2D eigenvalue weighted by molar-refractivity contribution is -0.117. The molecule has 1 aromatic carbocycles. The van der Waals surface area contributed by atoms with Crippen molar-refractivity contribution in [2.45, 2.75) is 58.7 Å². The highest BCUT2D eigenvalue weighted by atomic mass is 19.1. The molecule has 0 amide bonds. The number of nitrogens with zero attached hydrogens (tertiary/aromatic N) is 3. The lowest BCUT2D eigenvalue weighted by atomic mass is 9.96. The van der Waals surface area contributed by atoms with Crippen molar-refractivity contribution in [2.75, 3.05) is 18.0 Å². The number of carbonyl (C=O) groups is 1. The number of aromatic nitrogens is 2. The Morgan fingerprint density at radius 3 is 2.62 bits per heavy atom. The zero-order valence-corrected chi connectivity index (χ0v) is 17.4. The van der Waals surface area contributed by atoms with E-state index in [1.807, 2.05) is 49.9 Å². The van der Waals surface area contributed by atoms with Crippen LogP contribution < -0.4 is 14.4 Å². The third-order valence-electron chi connectivity index (χ3n) is 4.88. The van der Waals surface area contributed by atoms with E-state index < -0.39 is 5.82 Å². The number of ether oxygens (including phenoxy) is 2. The van der Waals surface area contributed by atoms with Gasteiger partial charge >= 0.3 is 0 Å². The van der Waals surface area contributed by atoms with Crippen molar-refractivity contribution in [2.24, 2.45) is 0 Å². The summed E-state index contributed by atoms with van der Waals surface area (Å²) in [7, 11) is 0. The molecule has 1 aliphatic rings. The van der Waals surface area contributed by atoms with Crippen molar-refractivity contribution in [3.05, 3.63) is 42.0 Å². The van der Waals surface area contributed by atoms with Crippen molar-refractivity contribution >= 4 is 11.6 Å². The molecule has 1 aromatic heterocycles. The minimum absolute atomic E-state index is 0.0235. The second kappa shape index (κ2) is 9.20. The first kappa shape index (κ1) is 21.0. The molecule has 0 aliphatic carbocycles.